The van der Waals surface area contributed by atoms with Crippen molar-refractivity contribution in [1.82, 2.24) is 4.57 Å². The number of allylic oxidation sites excluding steroid dienone is 1. The average molecular weight is 501 g/mol. The Bertz CT molecular complexity index is 1380. The van der Waals surface area contributed by atoms with E-state index in [9.17, 15) is 4.79 Å². The fourth-order valence-corrected chi connectivity index (χ4v) is 4.27. The summed E-state index contributed by atoms with van der Waals surface area (Å²) in [4.78, 5) is 13.3. The third kappa shape index (κ3) is 4.38. The van der Waals surface area contributed by atoms with Crippen LogP contribution in [0.5, 0.6) is 0 Å². The van der Waals surface area contributed by atoms with Crippen molar-refractivity contribution >= 4 is 56.1 Å². The largest absolute Gasteiger partial charge is 0.422 e. The molecule has 30 heavy (non-hydrogen) atoms. The molecule has 4 rings (SSSR count). The van der Waals surface area contributed by atoms with E-state index in [-0.39, 0.29) is 0 Å². The summed E-state index contributed by atoms with van der Waals surface area (Å²) in [6.07, 6.45) is 3.40. The molecule has 0 spiro atoms. The lowest BCUT2D eigenvalue weighted by Crippen LogP contribution is -2.17. The molecule has 150 valence electrons. The molecule has 0 saturated heterocycles. The molecule has 0 fully saturated rings. The Hall–Kier alpha value is -2.74. The van der Waals surface area contributed by atoms with Gasteiger partial charge in [0.2, 0.25) is 4.80 Å². The highest BCUT2D eigenvalue weighted by Crippen LogP contribution is 2.24. The van der Waals surface area contributed by atoms with Gasteiger partial charge in [-0.25, -0.2) is 4.79 Å². The first-order valence-electron chi connectivity index (χ1n) is 8.91. The first kappa shape index (κ1) is 20.5. The molecular formula is C22H15BrClN3O2S. The number of nitrogens with zero attached hydrogens (tertiary/aromatic N) is 3. The first-order valence-corrected chi connectivity index (χ1v) is 11.0. The van der Waals surface area contributed by atoms with Crippen LogP contribution in [0.1, 0.15) is 5.56 Å². The maximum atomic E-state index is 12.6. The number of rotatable bonds is 5. The van der Waals surface area contributed by atoms with Crippen LogP contribution >= 0.6 is 38.9 Å². The summed E-state index contributed by atoms with van der Waals surface area (Å²) in [5.41, 5.74) is 2.18. The lowest BCUT2D eigenvalue weighted by atomic mass is 10.1. The predicted octanol–water partition coefficient (Wildman–Crippen LogP) is 5.86. The maximum absolute atomic E-state index is 12.6. The van der Waals surface area contributed by atoms with Crippen LogP contribution in [0.15, 0.2) is 90.5 Å². The van der Waals surface area contributed by atoms with Crippen molar-refractivity contribution in [3.8, 4) is 11.3 Å². The Balaban J connectivity index is 1.78. The van der Waals surface area contributed by atoms with Crippen molar-refractivity contribution < 1.29 is 4.42 Å². The minimum Gasteiger partial charge on any atom is -0.422 e. The summed E-state index contributed by atoms with van der Waals surface area (Å²) in [7, 11) is 0. The summed E-state index contributed by atoms with van der Waals surface area (Å²) in [5.74, 6) is 0. The molecule has 0 amide bonds. The zero-order valence-electron chi connectivity index (χ0n) is 15.6. The van der Waals surface area contributed by atoms with Gasteiger partial charge in [-0.1, -0.05) is 45.7 Å². The normalized spacial score (nSPS) is 12.1. The highest BCUT2D eigenvalue weighted by atomic mass is 79.9. The number of thiazole rings is 1. The van der Waals surface area contributed by atoms with E-state index in [0.29, 0.717) is 33.2 Å². The maximum Gasteiger partial charge on any atom is 0.345 e. The predicted molar refractivity (Wildman–Crippen MR) is 126 cm³/mol. The van der Waals surface area contributed by atoms with E-state index < -0.39 is 5.63 Å². The van der Waals surface area contributed by atoms with Crippen LogP contribution in [-0.2, 0) is 6.54 Å². The Morgan fingerprint density at radius 2 is 2.00 bits per heavy atom. The van der Waals surface area contributed by atoms with Crippen molar-refractivity contribution in [2.24, 2.45) is 10.2 Å². The van der Waals surface area contributed by atoms with Crippen molar-refractivity contribution in [2.75, 3.05) is 0 Å². The van der Waals surface area contributed by atoms with Crippen molar-refractivity contribution in [2.45, 2.75) is 6.54 Å². The second kappa shape index (κ2) is 8.95. The molecule has 0 unspecified atom stereocenters. The molecule has 8 heteroatoms. The van der Waals surface area contributed by atoms with Gasteiger partial charge in [-0.15, -0.1) is 23.0 Å². The van der Waals surface area contributed by atoms with Gasteiger partial charge in [0.05, 0.1) is 17.5 Å². The van der Waals surface area contributed by atoms with Gasteiger partial charge in [0, 0.05) is 26.8 Å². The van der Waals surface area contributed by atoms with E-state index in [0.717, 1.165) is 15.4 Å². The molecular weight excluding hydrogens is 486 g/mol. The highest BCUT2D eigenvalue weighted by Gasteiger charge is 2.13. The lowest BCUT2D eigenvalue weighted by Gasteiger charge is -2.06. The Labute approximate surface area is 189 Å². The number of hydrogen-bond acceptors (Lipinski definition) is 5. The fraction of sp³-hybridized carbons (Fsp3) is 0.0455. The van der Waals surface area contributed by atoms with Crippen molar-refractivity contribution in [1.29, 1.82) is 0 Å². The smallest absolute Gasteiger partial charge is 0.345 e. The van der Waals surface area contributed by atoms with E-state index in [4.69, 9.17) is 16.0 Å². The molecule has 0 bridgehead atoms. The molecule has 0 aliphatic heterocycles. The monoisotopic (exact) mass is 499 g/mol. The number of aromatic nitrogens is 1. The van der Waals surface area contributed by atoms with Gasteiger partial charge in [-0.3, -0.25) is 0 Å². The molecule has 0 N–H and O–H groups in total. The van der Waals surface area contributed by atoms with Crippen LogP contribution in [-0.4, -0.2) is 10.8 Å². The first-order chi connectivity index (χ1) is 14.5. The van der Waals surface area contributed by atoms with Crippen LogP contribution in [0.4, 0.5) is 0 Å². The molecule has 0 atom stereocenters. The summed E-state index contributed by atoms with van der Waals surface area (Å²) in [6.45, 7) is 4.29. The van der Waals surface area contributed by atoms with Crippen molar-refractivity contribution in [3.63, 3.8) is 0 Å². The van der Waals surface area contributed by atoms with Gasteiger partial charge in [0.1, 0.15) is 5.58 Å². The second-order valence-corrected chi connectivity index (χ2v) is 8.52. The summed E-state index contributed by atoms with van der Waals surface area (Å²) in [6, 6.07) is 14.6. The van der Waals surface area contributed by atoms with Crippen molar-refractivity contribution in [3.05, 3.63) is 96.8 Å². The van der Waals surface area contributed by atoms with E-state index in [1.165, 1.54) is 11.3 Å². The van der Waals surface area contributed by atoms with Crippen LogP contribution in [0.3, 0.4) is 0 Å². The van der Waals surface area contributed by atoms with Crippen LogP contribution in [0.25, 0.3) is 22.2 Å². The number of benzene rings is 2. The average Bonchev–Trinajstić information content (AvgIpc) is 3.12. The van der Waals surface area contributed by atoms with Crippen LogP contribution in [0, 0.1) is 0 Å². The second-order valence-electron chi connectivity index (χ2n) is 6.33. The summed E-state index contributed by atoms with van der Waals surface area (Å²) < 4.78 is 8.30. The molecule has 5 nitrogen and oxygen atoms in total. The quantitative estimate of drug-likeness (QED) is 0.149. The van der Waals surface area contributed by atoms with E-state index in [1.807, 2.05) is 40.3 Å². The molecule has 4 aromatic rings. The zero-order valence-corrected chi connectivity index (χ0v) is 18.7. The lowest BCUT2D eigenvalue weighted by molar-refractivity contribution is 0.562. The molecule has 0 aliphatic rings. The van der Waals surface area contributed by atoms with Gasteiger partial charge in [0.15, 0.2) is 0 Å². The number of fused-ring (bicyclic) bond motifs is 1. The molecule has 0 saturated carbocycles. The zero-order chi connectivity index (χ0) is 21.1. The fourth-order valence-electron chi connectivity index (χ4n) is 2.90. The third-order valence-electron chi connectivity index (χ3n) is 4.30. The third-order valence-corrected chi connectivity index (χ3v) is 5.90. The Kier molecular flexibility index (Phi) is 6.13. The van der Waals surface area contributed by atoms with Crippen LogP contribution < -0.4 is 10.4 Å². The van der Waals surface area contributed by atoms with Gasteiger partial charge in [-0.2, -0.15) is 5.10 Å². The summed E-state index contributed by atoms with van der Waals surface area (Å²) in [5, 5.41) is 11.9. The molecule has 2 heterocycles. The molecule has 2 aromatic carbocycles. The minimum absolute atomic E-state index is 0.406. The van der Waals surface area contributed by atoms with Gasteiger partial charge in [0.25, 0.3) is 0 Å². The number of hydrogen-bond donors (Lipinski definition) is 0. The Morgan fingerprint density at radius 1 is 1.20 bits per heavy atom. The Morgan fingerprint density at radius 3 is 2.77 bits per heavy atom. The van der Waals surface area contributed by atoms with Crippen LogP contribution in [0.2, 0.25) is 5.02 Å². The van der Waals surface area contributed by atoms with E-state index in [1.54, 1.807) is 30.5 Å². The van der Waals surface area contributed by atoms with Gasteiger partial charge >= 0.3 is 5.63 Å². The van der Waals surface area contributed by atoms with E-state index >= 15 is 0 Å². The minimum atomic E-state index is -0.406. The standard InChI is InChI=1S/C22H15BrClN3O2S/c1-2-9-27-19(18-11-15-10-16(23)5-8-20(15)29-21(18)28)13-30-22(27)26-25-12-14-3-6-17(24)7-4-14/h2-8,10-13H,1,9H2/b25-12+,26-22-. The summed E-state index contributed by atoms with van der Waals surface area (Å²) >= 11 is 10.7. The number of halogens is 2. The highest BCUT2D eigenvalue weighted by molar-refractivity contribution is 9.10. The van der Waals surface area contributed by atoms with Gasteiger partial charge < -0.3 is 8.98 Å². The molecule has 2 aromatic heterocycles. The molecule has 0 aliphatic carbocycles. The molecule has 0 radical (unpaired) electrons. The van der Waals surface area contributed by atoms with Gasteiger partial charge in [-0.05, 0) is 42.0 Å². The van der Waals surface area contributed by atoms with E-state index in [2.05, 4.69) is 32.7 Å². The topological polar surface area (TPSA) is 59.9 Å². The SMILES string of the molecule is C=CCn1c(-c2cc3cc(Br)ccc3oc2=O)cs/c1=N\N=C\c1ccc(Cl)cc1.